The second kappa shape index (κ2) is 3.74. The number of hydrogen-bond donors (Lipinski definition) is 0. The summed E-state index contributed by atoms with van der Waals surface area (Å²) in [5.74, 6) is 0.933. The minimum Gasteiger partial charge on any atom is -0.419 e. The molecule has 0 amide bonds. The van der Waals surface area contributed by atoms with Crippen LogP contribution in [0.15, 0.2) is 0 Å². The molecule has 1 saturated heterocycles. The normalized spacial score (nSPS) is 46.6. The van der Waals surface area contributed by atoms with Crippen LogP contribution in [0.2, 0.25) is 11.1 Å². The maximum absolute atomic E-state index is 6.07. The molecule has 13 heavy (non-hydrogen) atoms. The van der Waals surface area contributed by atoms with Gasteiger partial charge in [-0.15, -0.1) is 0 Å². The summed E-state index contributed by atoms with van der Waals surface area (Å²) in [6.45, 7) is 6.02. The van der Waals surface area contributed by atoms with E-state index in [9.17, 15) is 0 Å². The molecule has 2 heteroatoms. The van der Waals surface area contributed by atoms with Crippen LogP contribution in [0.4, 0.5) is 0 Å². The molecule has 1 aliphatic heterocycles. The van der Waals surface area contributed by atoms with Crippen LogP contribution < -0.4 is 0 Å². The molecule has 3 unspecified atom stereocenters. The summed E-state index contributed by atoms with van der Waals surface area (Å²) in [7, 11) is -0.851. The average Bonchev–Trinajstić information content (AvgIpc) is 2.50. The van der Waals surface area contributed by atoms with Gasteiger partial charge in [-0.2, -0.15) is 0 Å². The van der Waals surface area contributed by atoms with E-state index in [-0.39, 0.29) is 0 Å². The van der Waals surface area contributed by atoms with Crippen molar-refractivity contribution < 1.29 is 4.43 Å². The molecule has 3 atom stereocenters. The molecule has 0 bridgehead atoms. The number of hydrogen-bond acceptors (Lipinski definition) is 1. The van der Waals surface area contributed by atoms with Crippen LogP contribution >= 0.6 is 0 Å². The molecule has 76 valence electrons. The molecule has 0 spiro atoms. The Morgan fingerprint density at radius 1 is 1.31 bits per heavy atom. The van der Waals surface area contributed by atoms with Crippen molar-refractivity contribution in [2.45, 2.75) is 57.0 Å². The predicted molar refractivity (Wildman–Crippen MR) is 58.5 cm³/mol. The molecule has 0 N–H and O–H groups in total. The van der Waals surface area contributed by atoms with Crippen molar-refractivity contribution in [1.82, 2.24) is 0 Å². The van der Waals surface area contributed by atoms with Crippen molar-refractivity contribution in [3.63, 3.8) is 0 Å². The fraction of sp³-hybridized carbons (Fsp3) is 1.00. The van der Waals surface area contributed by atoms with Crippen LogP contribution in [0.1, 0.15) is 46.0 Å². The Hall–Kier alpha value is 0.177. The van der Waals surface area contributed by atoms with Crippen LogP contribution in [0.5, 0.6) is 0 Å². The van der Waals surface area contributed by atoms with Gasteiger partial charge in [-0.05, 0) is 29.8 Å². The molecule has 1 aliphatic carbocycles. The van der Waals surface area contributed by atoms with Gasteiger partial charge in [-0.25, -0.2) is 0 Å². The lowest BCUT2D eigenvalue weighted by Gasteiger charge is -2.38. The summed E-state index contributed by atoms with van der Waals surface area (Å²) in [6, 6.07) is 1.45. The average molecular weight is 198 g/mol. The van der Waals surface area contributed by atoms with Crippen molar-refractivity contribution in [2.24, 2.45) is 5.92 Å². The third kappa shape index (κ3) is 1.71. The molecule has 1 saturated carbocycles. The van der Waals surface area contributed by atoms with Gasteiger partial charge >= 0.3 is 0 Å². The zero-order chi connectivity index (χ0) is 9.31. The van der Waals surface area contributed by atoms with Gasteiger partial charge in [-0.1, -0.05) is 33.1 Å². The maximum atomic E-state index is 6.07. The Morgan fingerprint density at radius 3 is 2.69 bits per heavy atom. The Bertz CT molecular complexity index is 177. The first-order chi connectivity index (χ1) is 6.23. The van der Waals surface area contributed by atoms with Crippen LogP contribution in [-0.2, 0) is 4.43 Å². The Kier molecular flexibility index (Phi) is 2.79. The van der Waals surface area contributed by atoms with Crippen LogP contribution in [-0.4, -0.2) is 15.6 Å². The monoisotopic (exact) mass is 198 g/mol. The molecule has 2 fully saturated rings. The molecule has 0 aromatic heterocycles. The fourth-order valence-electron chi connectivity index (χ4n) is 3.10. The van der Waals surface area contributed by atoms with Crippen molar-refractivity contribution in [1.29, 1.82) is 0 Å². The Morgan fingerprint density at radius 2 is 2.15 bits per heavy atom. The lowest BCUT2D eigenvalue weighted by Crippen LogP contribution is -2.37. The van der Waals surface area contributed by atoms with Gasteiger partial charge in [0.15, 0.2) is 9.04 Å². The van der Waals surface area contributed by atoms with Gasteiger partial charge in [0.1, 0.15) is 0 Å². The SMILES string of the molecule is CC1CCCC1(C)[SiH]1CCCCO1. The summed E-state index contributed by atoms with van der Waals surface area (Å²) < 4.78 is 6.07. The number of rotatable bonds is 1. The molecule has 0 aromatic carbocycles. The van der Waals surface area contributed by atoms with Gasteiger partial charge in [0.2, 0.25) is 0 Å². The Labute approximate surface area is 83.6 Å². The summed E-state index contributed by atoms with van der Waals surface area (Å²) in [5.41, 5.74) is 0. The van der Waals surface area contributed by atoms with E-state index in [1.165, 1.54) is 38.1 Å². The van der Waals surface area contributed by atoms with Gasteiger partial charge in [-0.3, -0.25) is 0 Å². The molecule has 2 rings (SSSR count). The van der Waals surface area contributed by atoms with Crippen LogP contribution in [0, 0.1) is 5.92 Å². The largest absolute Gasteiger partial charge is 0.419 e. The highest BCUT2D eigenvalue weighted by molar-refractivity contribution is 6.56. The first kappa shape index (κ1) is 9.72. The molecule has 2 aliphatic rings. The maximum Gasteiger partial charge on any atom is 0.183 e. The lowest BCUT2D eigenvalue weighted by atomic mass is 9.99. The standard InChI is InChI=1S/C11H22OSi/c1-10-6-5-7-11(10,2)13-9-4-3-8-12-13/h10,13H,3-9H2,1-2H3. The minimum absolute atomic E-state index is 0.639. The fourth-order valence-corrected chi connectivity index (χ4v) is 6.75. The minimum atomic E-state index is -0.851. The second-order valence-corrected chi connectivity index (χ2v) is 8.36. The molecule has 1 nitrogen and oxygen atoms in total. The third-order valence-electron chi connectivity index (χ3n) is 4.39. The van der Waals surface area contributed by atoms with Gasteiger partial charge < -0.3 is 4.43 Å². The van der Waals surface area contributed by atoms with E-state index in [0.29, 0.717) is 5.04 Å². The summed E-state index contributed by atoms with van der Waals surface area (Å²) in [5, 5.41) is 0.639. The molecule has 0 radical (unpaired) electrons. The highest BCUT2D eigenvalue weighted by atomic mass is 28.3. The van der Waals surface area contributed by atoms with Gasteiger partial charge in [0.25, 0.3) is 0 Å². The Balaban J connectivity index is 2.03. The summed E-state index contributed by atoms with van der Waals surface area (Å²) in [6.07, 6.45) is 7.10. The summed E-state index contributed by atoms with van der Waals surface area (Å²) >= 11 is 0. The van der Waals surface area contributed by atoms with E-state index in [0.717, 1.165) is 12.5 Å². The molecular weight excluding hydrogens is 176 g/mol. The summed E-state index contributed by atoms with van der Waals surface area (Å²) in [4.78, 5) is 0. The zero-order valence-corrected chi connectivity index (χ0v) is 10.2. The van der Waals surface area contributed by atoms with E-state index in [1.807, 2.05) is 0 Å². The van der Waals surface area contributed by atoms with Crippen LogP contribution in [0.3, 0.4) is 0 Å². The smallest absolute Gasteiger partial charge is 0.183 e. The van der Waals surface area contributed by atoms with E-state index in [1.54, 1.807) is 0 Å². The van der Waals surface area contributed by atoms with Crippen molar-refractivity contribution in [3.8, 4) is 0 Å². The first-order valence-electron chi connectivity index (χ1n) is 5.85. The molecule has 1 heterocycles. The van der Waals surface area contributed by atoms with Crippen LogP contribution in [0.25, 0.3) is 0 Å². The topological polar surface area (TPSA) is 9.23 Å². The second-order valence-electron chi connectivity index (χ2n) is 5.15. The highest BCUT2D eigenvalue weighted by Gasteiger charge is 2.44. The van der Waals surface area contributed by atoms with Crippen molar-refractivity contribution in [3.05, 3.63) is 0 Å². The van der Waals surface area contributed by atoms with Crippen molar-refractivity contribution >= 4 is 9.04 Å². The highest BCUT2D eigenvalue weighted by Crippen LogP contribution is 2.53. The molecule has 0 aromatic rings. The van der Waals surface area contributed by atoms with E-state index < -0.39 is 9.04 Å². The quantitative estimate of drug-likeness (QED) is 0.588. The zero-order valence-electron chi connectivity index (χ0n) is 9.01. The van der Waals surface area contributed by atoms with E-state index in [2.05, 4.69) is 13.8 Å². The van der Waals surface area contributed by atoms with E-state index in [4.69, 9.17) is 4.43 Å². The molecular formula is C11H22OSi. The lowest BCUT2D eigenvalue weighted by molar-refractivity contribution is 0.253. The van der Waals surface area contributed by atoms with Gasteiger partial charge in [0, 0.05) is 6.61 Å². The van der Waals surface area contributed by atoms with Gasteiger partial charge in [0.05, 0.1) is 0 Å². The van der Waals surface area contributed by atoms with Crippen molar-refractivity contribution in [2.75, 3.05) is 6.61 Å². The first-order valence-corrected chi connectivity index (χ1v) is 7.71. The van der Waals surface area contributed by atoms with E-state index >= 15 is 0 Å². The predicted octanol–water partition coefficient (Wildman–Crippen LogP) is 3.10. The third-order valence-corrected chi connectivity index (χ3v) is 8.29.